The van der Waals surface area contributed by atoms with E-state index >= 15 is 0 Å². The van der Waals surface area contributed by atoms with Crippen molar-refractivity contribution in [3.63, 3.8) is 0 Å². The minimum atomic E-state index is 0.526. The number of rotatable bonds is 10. The SMILES string of the molecule is CCCCCCSSCCCCC(C)(C)C. The first-order chi connectivity index (χ1) is 7.56. The molecule has 0 bridgehead atoms. The molecule has 0 aliphatic heterocycles. The monoisotopic (exact) mass is 262 g/mol. The van der Waals surface area contributed by atoms with Gasteiger partial charge in [0.05, 0.1) is 0 Å². The predicted octanol–water partition coefficient (Wildman–Crippen LogP) is 6.16. The van der Waals surface area contributed by atoms with Crippen LogP contribution in [0.5, 0.6) is 0 Å². The van der Waals surface area contributed by atoms with Crippen LogP contribution in [0.3, 0.4) is 0 Å². The third kappa shape index (κ3) is 14.7. The van der Waals surface area contributed by atoms with Crippen molar-refractivity contribution in [2.75, 3.05) is 11.5 Å². The zero-order valence-electron chi connectivity index (χ0n) is 11.7. The molecular formula is C14H30S2. The van der Waals surface area contributed by atoms with Gasteiger partial charge in [-0.25, -0.2) is 0 Å². The summed E-state index contributed by atoms with van der Waals surface area (Å²) in [6.45, 7) is 9.28. The second-order valence-corrected chi connectivity index (χ2v) is 8.42. The highest BCUT2D eigenvalue weighted by molar-refractivity contribution is 8.76. The van der Waals surface area contributed by atoms with Crippen LogP contribution in [0.25, 0.3) is 0 Å². The van der Waals surface area contributed by atoms with Crippen LogP contribution in [0.1, 0.15) is 72.6 Å². The molecule has 0 saturated carbocycles. The predicted molar refractivity (Wildman–Crippen MR) is 82.4 cm³/mol. The molecule has 0 aliphatic carbocycles. The molecule has 98 valence electrons. The van der Waals surface area contributed by atoms with Gasteiger partial charge in [0.2, 0.25) is 0 Å². The van der Waals surface area contributed by atoms with Crippen molar-refractivity contribution in [2.24, 2.45) is 5.41 Å². The minimum Gasteiger partial charge on any atom is -0.0942 e. The van der Waals surface area contributed by atoms with Crippen molar-refractivity contribution in [3.8, 4) is 0 Å². The Morgan fingerprint density at radius 2 is 1.31 bits per heavy atom. The van der Waals surface area contributed by atoms with Crippen LogP contribution < -0.4 is 0 Å². The average molecular weight is 263 g/mol. The Labute approximate surface area is 111 Å². The van der Waals surface area contributed by atoms with Crippen LogP contribution in [0.15, 0.2) is 0 Å². The Kier molecular flexibility index (Phi) is 11.3. The molecule has 0 atom stereocenters. The summed E-state index contributed by atoms with van der Waals surface area (Å²) >= 11 is 0. The first-order valence-electron chi connectivity index (χ1n) is 6.80. The van der Waals surface area contributed by atoms with Crippen LogP contribution in [0, 0.1) is 5.41 Å². The lowest BCUT2D eigenvalue weighted by atomic mass is 9.90. The molecule has 0 radical (unpaired) electrons. The van der Waals surface area contributed by atoms with E-state index in [4.69, 9.17) is 0 Å². The molecular weight excluding hydrogens is 232 g/mol. The molecule has 0 saturated heterocycles. The van der Waals surface area contributed by atoms with Crippen molar-refractivity contribution in [3.05, 3.63) is 0 Å². The summed E-state index contributed by atoms with van der Waals surface area (Å²) in [5.74, 6) is 2.69. The molecule has 0 aromatic carbocycles. The second kappa shape index (κ2) is 10.8. The third-order valence-corrected chi connectivity index (χ3v) is 5.15. The number of hydrogen-bond acceptors (Lipinski definition) is 2. The number of hydrogen-bond donors (Lipinski definition) is 0. The van der Waals surface area contributed by atoms with E-state index in [9.17, 15) is 0 Å². The summed E-state index contributed by atoms with van der Waals surface area (Å²) in [4.78, 5) is 0. The van der Waals surface area contributed by atoms with Crippen LogP contribution in [0.4, 0.5) is 0 Å². The maximum Gasteiger partial charge on any atom is 0.00369 e. The zero-order chi connectivity index (χ0) is 12.3. The summed E-state index contributed by atoms with van der Waals surface area (Å²) in [6.07, 6.45) is 9.76. The van der Waals surface area contributed by atoms with E-state index in [2.05, 4.69) is 49.3 Å². The van der Waals surface area contributed by atoms with E-state index < -0.39 is 0 Å². The minimum absolute atomic E-state index is 0.526. The van der Waals surface area contributed by atoms with Crippen molar-refractivity contribution < 1.29 is 0 Å². The van der Waals surface area contributed by atoms with E-state index in [1.54, 1.807) is 0 Å². The molecule has 0 amide bonds. The smallest absolute Gasteiger partial charge is 0.00369 e. The molecule has 0 aromatic heterocycles. The van der Waals surface area contributed by atoms with Gasteiger partial charge in [-0.1, -0.05) is 75.0 Å². The third-order valence-electron chi connectivity index (χ3n) is 2.57. The maximum absolute atomic E-state index is 2.34. The summed E-state index contributed by atoms with van der Waals surface area (Å²) in [6, 6.07) is 0. The van der Waals surface area contributed by atoms with Crippen LogP contribution in [0.2, 0.25) is 0 Å². The number of unbranched alkanes of at least 4 members (excludes halogenated alkanes) is 4. The molecule has 0 nitrogen and oxygen atoms in total. The lowest BCUT2D eigenvalue weighted by Crippen LogP contribution is -2.04. The van der Waals surface area contributed by atoms with Crippen molar-refractivity contribution in [2.45, 2.75) is 72.6 Å². The van der Waals surface area contributed by atoms with E-state index in [-0.39, 0.29) is 0 Å². The van der Waals surface area contributed by atoms with Gasteiger partial charge in [-0.05, 0) is 24.7 Å². The van der Waals surface area contributed by atoms with Gasteiger partial charge in [0.1, 0.15) is 0 Å². The highest BCUT2D eigenvalue weighted by atomic mass is 33.1. The van der Waals surface area contributed by atoms with Crippen LogP contribution in [-0.2, 0) is 0 Å². The fourth-order valence-electron chi connectivity index (χ4n) is 1.52. The normalized spacial score (nSPS) is 12.0. The fourth-order valence-corrected chi connectivity index (χ4v) is 3.82. The molecule has 0 aliphatic rings. The molecule has 0 heterocycles. The van der Waals surface area contributed by atoms with E-state index in [0.717, 1.165) is 0 Å². The quantitative estimate of drug-likeness (QED) is 0.341. The Morgan fingerprint density at radius 1 is 0.750 bits per heavy atom. The molecule has 0 rings (SSSR count). The standard InChI is InChI=1S/C14H30S2/c1-5-6-7-9-12-15-16-13-10-8-11-14(2,3)4/h5-13H2,1-4H3. The summed E-state index contributed by atoms with van der Waals surface area (Å²) < 4.78 is 0. The van der Waals surface area contributed by atoms with Crippen LogP contribution >= 0.6 is 21.6 Å². The highest BCUT2D eigenvalue weighted by Gasteiger charge is 2.08. The first-order valence-corrected chi connectivity index (χ1v) is 9.29. The van der Waals surface area contributed by atoms with E-state index in [1.807, 2.05) is 0 Å². The maximum atomic E-state index is 2.34. The van der Waals surface area contributed by atoms with E-state index in [0.29, 0.717) is 5.41 Å². The van der Waals surface area contributed by atoms with Gasteiger partial charge in [0.15, 0.2) is 0 Å². The van der Waals surface area contributed by atoms with Crippen molar-refractivity contribution in [1.82, 2.24) is 0 Å². The molecule has 0 spiro atoms. The van der Waals surface area contributed by atoms with Gasteiger partial charge in [-0.2, -0.15) is 0 Å². The first kappa shape index (κ1) is 16.7. The van der Waals surface area contributed by atoms with Gasteiger partial charge in [-0.3, -0.25) is 0 Å². The van der Waals surface area contributed by atoms with Gasteiger partial charge >= 0.3 is 0 Å². The second-order valence-electron chi connectivity index (χ2n) is 5.72. The van der Waals surface area contributed by atoms with Crippen molar-refractivity contribution in [1.29, 1.82) is 0 Å². The molecule has 0 aromatic rings. The summed E-state index contributed by atoms with van der Waals surface area (Å²) in [5.41, 5.74) is 0.526. The topological polar surface area (TPSA) is 0 Å². The lowest BCUT2D eigenvalue weighted by molar-refractivity contribution is 0.364. The molecule has 2 heteroatoms. The zero-order valence-corrected chi connectivity index (χ0v) is 13.3. The lowest BCUT2D eigenvalue weighted by Gasteiger charge is -2.17. The highest BCUT2D eigenvalue weighted by Crippen LogP contribution is 2.26. The largest absolute Gasteiger partial charge is 0.0942 e. The van der Waals surface area contributed by atoms with E-state index in [1.165, 1.54) is 56.5 Å². The average Bonchev–Trinajstić information content (AvgIpc) is 2.19. The Morgan fingerprint density at radius 3 is 1.81 bits per heavy atom. The molecule has 0 unspecified atom stereocenters. The van der Waals surface area contributed by atoms with Crippen LogP contribution in [-0.4, -0.2) is 11.5 Å². The molecule has 0 fully saturated rings. The van der Waals surface area contributed by atoms with Gasteiger partial charge < -0.3 is 0 Å². The van der Waals surface area contributed by atoms with Gasteiger partial charge in [0.25, 0.3) is 0 Å². The molecule has 0 N–H and O–H groups in total. The Bertz CT molecular complexity index is 138. The van der Waals surface area contributed by atoms with Gasteiger partial charge in [0, 0.05) is 11.5 Å². The fraction of sp³-hybridized carbons (Fsp3) is 1.00. The van der Waals surface area contributed by atoms with Crippen molar-refractivity contribution >= 4 is 21.6 Å². The molecule has 16 heavy (non-hydrogen) atoms. The van der Waals surface area contributed by atoms with Gasteiger partial charge in [-0.15, -0.1) is 0 Å². The Hall–Kier alpha value is 0.700. The Balaban J connectivity index is 2.99. The summed E-state index contributed by atoms with van der Waals surface area (Å²) in [5, 5.41) is 0. The summed E-state index contributed by atoms with van der Waals surface area (Å²) in [7, 11) is 4.16.